The summed E-state index contributed by atoms with van der Waals surface area (Å²) in [5.41, 5.74) is 0.682. The molecule has 1 heterocycles. The number of benzene rings is 1. The van der Waals surface area contributed by atoms with Crippen LogP contribution in [0.5, 0.6) is 17.5 Å². The maximum atomic E-state index is 11.5. The number of nitrogens with zero attached hydrogens (tertiary/aromatic N) is 3. The van der Waals surface area contributed by atoms with Crippen molar-refractivity contribution in [2.45, 2.75) is 0 Å². The molecule has 0 spiro atoms. The number of methoxy groups -OCH3 is 1. The topological polar surface area (TPSA) is 76.6 Å². The third-order valence-corrected chi connectivity index (χ3v) is 2.56. The molecule has 0 aliphatic heterocycles. The standard InChI is InChI=1S/C14H16N4O3/c1-18(2)14(19)15-10-4-6-11(7-5-10)21-13-9-8-12(20-3)16-17-13/h4-9H,1-3H3,(H,15,19). The molecule has 0 aliphatic carbocycles. The predicted molar refractivity (Wildman–Crippen MR) is 77.8 cm³/mol. The summed E-state index contributed by atoms with van der Waals surface area (Å²) in [5, 5.41) is 10.4. The van der Waals surface area contributed by atoms with Crippen molar-refractivity contribution in [2.75, 3.05) is 26.5 Å². The Labute approximate surface area is 122 Å². The number of hydrogen-bond acceptors (Lipinski definition) is 5. The first-order valence-electron chi connectivity index (χ1n) is 6.22. The van der Waals surface area contributed by atoms with E-state index in [1.807, 2.05) is 0 Å². The van der Waals surface area contributed by atoms with Crippen molar-refractivity contribution in [3.8, 4) is 17.5 Å². The predicted octanol–water partition coefficient (Wildman–Crippen LogP) is 2.37. The minimum absolute atomic E-state index is 0.190. The van der Waals surface area contributed by atoms with Crippen molar-refractivity contribution in [1.82, 2.24) is 15.1 Å². The molecule has 1 aromatic heterocycles. The van der Waals surface area contributed by atoms with Gasteiger partial charge in [0.15, 0.2) is 0 Å². The minimum atomic E-state index is -0.190. The summed E-state index contributed by atoms with van der Waals surface area (Å²) in [6, 6.07) is 10.1. The lowest BCUT2D eigenvalue weighted by molar-refractivity contribution is 0.230. The van der Waals surface area contributed by atoms with Crippen molar-refractivity contribution in [3.63, 3.8) is 0 Å². The lowest BCUT2D eigenvalue weighted by atomic mass is 10.3. The van der Waals surface area contributed by atoms with Crippen LogP contribution in [0, 0.1) is 0 Å². The molecule has 21 heavy (non-hydrogen) atoms. The van der Waals surface area contributed by atoms with Gasteiger partial charge in [-0.3, -0.25) is 0 Å². The molecule has 0 fully saturated rings. The molecule has 0 atom stereocenters. The summed E-state index contributed by atoms with van der Waals surface area (Å²) in [5.74, 6) is 1.38. The van der Waals surface area contributed by atoms with Crippen LogP contribution in [0.4, 0.5) is 10.5 Å². The minimum Gasteiger partial charge on any atom is -0.480 e. The number of urea groups is 1. The van der Waals surface area contributed by atoms with Gasteiger partial charge in [0.1, 0.15) is 5.75 Å². The zero-order valence-corrected chi connectivity index (χ0v) is 12.0. The Kier molecular flexibility index (Phi) is 4.55. The second-order valence-electron chi connectivity index (χ2n) is 4.36. The van der Waals surface area contributed by atoms with Crippen LogP contribution in [0.15, 0.2) is 36.4 Å². The van der Waals surface area contributed by atoms with Crippen molar-refractivity contribution < 1.29 is 14.3 Å². The Balaban J connectivity index is 2.00. The van der Waals surface area contributed by atoms with Gasteiger partial charge in [-0.25, -0.2) is 4.79 Å². The van der Waals surface area contributed by atoms with Gasteiger partial charge in [-0.05, 0) is 24.3 Å². The highest BCUT2D eigenvalue weighted by Gasteiger charge is 2.05. The number of aromatic nitrogens is 2. The van der Waals surface area contributed by atoms with Gasteiger partial charge in [-0.2, -0.15) is 0 Å². The number of rotatable bonds is 4. The van der Waals surface area contributed by atoms with Crippen LogP contribution >= 0.6 is 0 Å². The first-order valence-corrected chi connectivity index (χ1v) is 6.22. The second-order valence-corrected chi connectivity index (χ2v) is 4.36. The van der Waals surface area contributed by atoms with Crippen LogP contribution in [0.1, 0.15) is 0 Å². The zero-order chi connectivity index (χ0) is 15.2. The van der Waals surface area contributed by atoms with Gasteiger partial charge in [-0.1, -0.05) is 0 Å². The number of carbonyl (C=O) groups is 1. The molecule has 0 saturated heterocycles. The molecule has 0 saturated carbocycles. The number of nitrogens with one attached hydrogen (secondary N) is 1. The maximum Gasteiger partial charge on any atom is 0.321 e. The molecule has 2 aromatic rings. The number of carbonyl (C=O) groups excluding carboxylic acids is 1. The highest BCUT2D eigenvalue weighted by atomic mass is 16.5. The maximum absolute atomic E-state index is 11.5. The van der Waals surface area contributed by atoms with E-state index in [0.29, 0.717) is 23.2 Å². The molecule has 2 rings (SSSR count). The molecule has 0 aliphatic rings. The van der Waals surface area contributed by atoms with Crippen LogP contribution in [-0.4, -0.2) is 42.3 Å². The van der Waals surface area contributed by atoms with Gasteiger partial charge in [-0.15, -0.1) is 10.2 Å². The van der Waals surface area contributed by atoms with Crippen LogP contribution in [0.25, 0.3) is 0 Å². The van der Waals surface area contributed by atoms with Gasteiger partial charge in [0, 0.05) is 31.9 Å². The fraction of sp³-hybridized carbons (Fsp3) is 0.214. The van der Waals surface area contributed by atoms with E-state index in [0.717, 1.165) is 0 Å². The molecule has 7 nitrogen and oxygen atoms in total. The smallest absolute Gasteiger partial charge is 0.321 e. The third kappa shape index (κ3) is 4.07. The van der Waals surface area contributed by atoms with Crippen molar-refractivity contribution in [1.29, 1.82) is 0 Å². The normalized spacial score (nSPS) is 9.86. The van der Waals surface area contributed by atoms with Crippen molar-refractivity contribution >= 4 is 11.7 Å². The Morgan fingerprint density at radius 1 is 1.05 bits per heavy atom. The van der Waals surface area contributed by atoms with Crippen LogP contribution in [0.3, 0.4) is 0 Å². The molecule has 7 heteroatoms. The second kappa shape index (κ2) is 6.56. The van der Waals surface area contributed by atoms with Crippen molar-refractivity contribution in [2.24, 2.45) is 0 Å². The van der Waals surface area contributed by atoms with E-state index in [9.17, 15) is 4.79 Å². The summed E-state index contributed by atoms with van der Waals surface area (Å²) in [4.78, 5) is 13.0. The molecular formula is C14H16N4O3. The van der Waals surface area contributed by atoms with E-state index in [1.165, 1.54) is 12.0 Å². The Morgan fingerprint density at radius 2 is 1.67 bits per heavy atom. The largest absolute Gasteiger partial charge is 0.480 e. The fourth-order valence-electron chi connectivity index (χ4n) is 1.43. The summed E-state index contributed by atoms with van der Waals surface area (Å²) in [6.45, 7) is 0. The van der Waals surface area contributed by atoms with Gasteiger partial charge < -0.3 is 19.7 Å². The van der Waals surface area contributed by atoms with Gasteiger partial charge in [0.25, 0.3) is 0 Å². The van der Waals surface area contributed by atoms with Crippen LogP contribution in [-0.2, 0) is 0 Å². The first kappa shape index (κ1) is 14.6. The Morgan fingerprint density at radius 3 is 2.19 bits per heavy atom. The summed E-state index contributed by atoms with van der Waals surface area (Å²) >= 11 is 0. The molecule has 1 N–H and O–H groups in total. The quantitative estimate of drug-likeness (QED) is 0.934. The summed E-state index contributed by atoms with van der Waals surface area (Å²) in [7, 11) is 4.87. The number of ether oxygens (including phenoxy) is 2. The number of hydrogen-bond donors (Lipinski definition) is 1. The van der Waals surface area contributed by atoms with Gasteiger partial charge >= 0.3 is 6.03 Å². The SMILES string of the molecule is COc1ccc(Oc2ccc(NC(=O)N(C)C)cc2)nn1. The van der Waals surface area contributed by atoms with Gasteiger partial charge in [0.2, 0.25) is 11.8 Å². The van der Waals surface area contributed by atoms with Gasteiger partial charge in [0.05, 0.1) is 7.11 Å². The number of amides is 2. The van der Waals surface area contributed by atoms with E-state index in [1.54, 1.807) is 50.5 Å². The monoisotopic (exact) mass is 288 g/mol. The average Bonchev–Trinajstić information content (AvgIpc) is 2.50. The van der Waals surface area contributed by atoms with Crippen molar-refractivity contribution in [3.05, 3.63) is 36.4 Å². The highest BCUT2D eigenvalue weighted by Crippen LogP contribution is 2.21. The first-order chi connectivity index (χ1) is 10.1. The molecule has 0 bridgehead atoms. The molecule has 0 radical (unpaired) electrons. The van der Waals surface area contributed by atoms with Crippen LogP contribution < -0.4 is 14.8 Å². The Hall–Kier alpha value is -2.83. The third-order valence-electron chi connectivity index (χ3n) is 2.56. The molecule has 0 unspecified atom stereocenters. The average molecular weight is 288 g/mol. The van der Waals surface area contributed by atoms with Crippen LogP contribution in [0.2, 0.25) is 0 Å². The van der Waals surface area contributed by atoms with E-state index < -0.39 is 0 Å². The molecular weight excluding hydrogens is 272 g/mol. The summed E-state index contributed by atoms with van der Waals surface area (Å²) in [6.07, 6.45) is 0. The molecule has 110 valence electrons. The lowest BCUT2D eigenvalue weighted by Gasteiger charge is -2.12. The zero-order valence-electron chi connectivity index (χ0n) is 12.0. The highest BCUT2D eigenvalue weighted by molar-refractivity contribution is 5.88. The molecule has 2 amide bonds. The lowest BCUT2D eigenvalue weighted by Crippen LogP contribution is -2.27. The van der Waals surface area contributed by atoms with E-state index in [2.05, 4.69) is 15.5 Å². The number of anilines is 1. The molecule has 1 aromatic carbocycles. The Bertz CT molecular complexity index is 597. The van der Waals surface area contributed by atoms with E-state index >= 15 is 0 Å². The fourth-order valence-corrected chi connectivity index (χ4v) is 1.43. The van der Waals surface area contributed by atoms with E-state index in [4.69, 9.17) is 9.47 Å². The summed E-state index contributed by atoms with van der Waals surface area (Å²) < 4.78 is 10.5. The van der Waals surface area contributed by atoms with E-state index in [-0.39, 0.29) is 6.03 Å².